The molecule has 1 atom stereocenters. The fourth-order valence-electron chi connectivity index (χ4n) is 1.71. The van der Waals surface area contributed by atoms with Crippen LogP contribution in [0.2, 0.25) is 0 Å². The molecule has 0 aliphatic carbocycles. The molecule has 0 fully saturated rings. The van der Waals surface area contributed by atoms with E-state index in [9.17, 15) is 4.79 Å². The highest BCUT2D eigenvalue weighted by molar-refractivity contribution is 7.13. The molecular formula is C13H22N2O2S. The van der Waals surface area contributed by atoms with Crippen molar-refractivity contribution in [3.63, 3.8) is 0 Å². The second kappa shape index (κ2) is 6.29. The van der Waals surface area contributed by atoms with E-state index in [1.807, 2.05) is 0 Å². The molecule has 0 saturated carbocycles. The molecule has 1 aromatic rings. The highest BCUT2D eigenvalue weighted by Crippen LogP contribution is 2.28. The molecule has 1 heterocycles. The summed E-state index contributed by atoms with van der Waals surface area (Å²) in [6, 6.07) is 0. The van der Waals surface area contributed by atoms with Crippen molar-refractivity contribution in [2.45, 2.75) is 51.6 Å². The first kappa shape index (κ1) is 15.1. The van der Waals surface area contributed by atoms with Crippen LogP contribution in [0.25, 0.3) is 0 Å². The number of hydrogen-bond acceptors (Lipinski definition) is 4. The summed E-state index contributed by atoms with van der Waals surface area (Å²) in [4.78, 5) is 16.1. The highest BCUT2D eigenvalue weighted by atomic mass is 32.1. The van der Waals surface area contributed by atoms with Crippen LogP contribution in [-0.4, -0.2) is 23.6 Å². The quantitative estimate of drug-likeness (QED) is 0.828. The van der Waals surface area contributed by atoms with Crippen LogP contribution in [0, 0.1) is 0 Å². The summed E-state index contributed by atoms with van der Waals surface area (Å²) in [6.07, 6.45) is 4.94. The lowest BCUT2D eigenvalue weighted by molar-refractivity contribution is 0.0132. The summed E-state index contributed by atoms with van der Waals surface area (Å²) in [5.41, 5.74) is 5.13. The van der Waals surface area contributed by atoms with Crippen LogP contribution in [0.5, 0.6) is 0 Å². The first-order valence-electron chi connectivity index (χ1n) is 6.16. The average Bonchev–Trinajstić information content (AvgIpc) is 2.78. The second-order valence-electron chi connectivity index (χ2n) is 5.19. The first-order valence-corrected chi connectivity index (χ1v) is 6.98. The lowest BCUT2D eigenvalue weighted by Gasteiger charge is -2.23. The SMILES string of the molecule is COC(C)(C)CCCC(C)c1cnc(C(N)=O)s1. The Hall–Kier alpha value is -0.940. The lowest BCUT2D eigenvalue weighted by Crippen LogP contribution is -2.22. The summed E-state index contributed by atoms with van der Waals surface area (Å²) >= 11 is 1.40. The molecule has 0 aliphatic heterocycles. The van der Waals surface area contributed by atoms with E-state index in [-0.39, 0.29) is 5.60 Å². The number of hydrogen-bond donors (Lipinski definition) is 1. The Morgan fingerprint density at radius 3 is 2.78 bits per heavy atom. The number of aromatic nitrogens is 1. The number of nitrogens with two attached hydrogens (primary N) is 1. The van der Waals surface area contributed by atoms with Gasteiger partial charge in [0.05, 0.1) is 5.60 Å². The largest absolute Gasteiger partial charge is 0.379 e. The third-order valence-corrected chi connectivity index (χ3v) is 4.43. The molecule has 1 rings (SSSR count). The van der Waals surface area contributed by atoms with Gasteiger partial charge in [-0.05, 0) is 39.0 Å². The van der Waals surface area contributed by atoms with Gasteiger partial charge in [-0.1, -0.05) is 6.92 Å². The zero-order chi connectivity index (χ0) is 13.8. The van der Waals surface area contributed by atoms with Crippen molar-refractivity contribution in [3.8, 4) is 0 Å². The Bertz CT molecular complexity index is 401. The Labute approximate surface area is 113 Å². The highest BCUT2D eigenvalue weighted by Gasteiger charge is 2.17. The monoisotopic (exact) mass is 270 g/mol. The molecule has 1 unspecified atom stereocenters. The molecule has 0 aliphatic rings. The molecule has 102 valence electrons. The van der Waals surface area contributed by atoms with Gasteiger partial charge in [-0.3, -0.25) is 4.79 Å². The molecule has 0 spiro atoms. The molecule has 0 bridgehead atoms. The van der Waals surface area contributed by atoms with E-state index in [0.717, 1.165) is 24.1 Å². The maximum absolute atomic E-state index is 11.0. The van der Waals surface area contributed by atoms with E-state index < -0.39 is 5.91 Å². The van der Waals surface area contributed by atoms with Crippen molar-refractivity contribution < 1.29 is 9.53 Å². The minimum atomic E-state index is -0.445. The standard InChI is InChI=1S/C13H22N2O2S/c1-9(6-5-7-13(2,3)17-4)10-8-15-12(18-10)11(14)16/h8-9H,5-7H2,1-4H3,(H2,14,16). The van der Waals surface area contributed by atoms with Gasteiger partial charge in [0.2, 0.25) is 0 Å². The maximum atomic E-state index is 11.0. The van der Waals surface area contributed by atoms with Crippen molar-refractivity contribution in [1.29, 1.82) is 0 Å². The van der Waals surface area contributed by atoms with E-state index in [1.165, 1.54) is 11.3 Å². The second-order valence-corrected chi connectivity index (χ2v) is 6.25. The molecule has 1 aromatic heterocycles. The van der Waals surface area contributed by atoms with Gasteiger partial charge in [0.1, 0.15) is 0 Å². The number of primary amides is 1. The number of rotatable bonds is 7. The van der Waals surface area contributed by atoms with Crippen molar-refractivity contribution in [2.24, 2.45) is 5.73 Å². The molecule has 1 amide bonds. The Balaban J connectivity index is 2.45. The number of nitrogens with zero attached hydrogens (tertiary/aromatic N) is 1. The number of carbonyl (C=O) groups excluding carboxylic acids is 1. The van der Waals surface area contributed by atoms with E-state index in [2.05, 4.69) is 25.8 Å². The molecule has 4 nitrogen and oxygen atoms in total. The van der Waals surface area contributed by atoms with Crippen LogP contribution in [0.4, 0.5) is 0 Å². The zero-order valence-corrected chi connectivity index (χ0v) is 12.3. The van der Waals surface area contributed by atoms with Gasteiger partial charge in [-0.25, -0.2) is 4.98 Å². The number of thiazole rings is 1. The summed E-state index contributed by atoms with van der Waals surface area (Å²) < 4.78 is 5.39. The van der Waals surface area contributed by atoms with Crippen LogP contribution >= 0.6 is 11.3 Å². The Kier molecular flexibility index (Phi) is 5.28. The Morgan fingerprint density at radius 1 is 1.61 bits per heavy atom. The minimum absolute atomic E-state index is 0.0637. The van der Waals surface area contributed by atoms with Crippen LogP contribution in [0.3, 0.4) is 0 Å². The first-order chi connectivity index (χ1) is 8.35. The van der Waals surface area contributed by atoms with Gasteiger partial charge in [0.25, 0.3) is 5.91 Å². The van der Waals surface area contributed by atoms with Crippen LogP contribution in [0.15, 0.2) is 6.20 Å². The number of amides is 1. The van der Waals surface area contributed by atoms with Gasteiger partial charge in [-0.2, -0.15) is 0 Å². The van der Waals surface area contributed by atoms with Crippen molar-refractivity contribution in [1.82, 2.24) is 4.98 Å². The van der Waals surface area contributed by atoms with E-state index in [4.69, 9.17) is 10.5 Å². The summed E-state index contributed by atoms with van der Waals surface area (Å²) in [5.74, 6) is -0.0396. The molecule has 0 aromatic carbocycles. The molecule has 0 saturated heterocycles. The molecular weight excluding hydrogens is 248 g/mol. The van der Waals surface area contributed by atoms with E-state index in [0.29, 0.717) is 10.9 Å². The normalized spacial score (nSPS) is 13.6. The Morgan fingerprint density at radius 2 is 2.28 bits per heavy atom. The number of ether oxygens (including phenoxy) is 1. The zero-order valence-electron chi connectivity index (χ0n) is 11.5. The number of carbonyl (C=O) groups is 1. The topological polar surface area (TPSA) is 65.2 Å². The predicted octanol–water partition coefficient (Wildman–Crippen LogP) is 2.94. The molecule has 5 heteroatoms. The van der Waals surface area contributed by atoms with Gasteiger partial charge in [0.15, 0.2) is 5.01 Å². The minimum Gasteiger partial charge on any atom is -0.379 e. The van der Waals surface area contributed by atoms with Crippen LogP contribution in [0.1, 0.15) is 60.6 Å². The van der Waals surface area contributed by atoms with E-state index >= 15 is 0 Å². The molecule has 2 N–H and O–H groups in total. The van der Waals surface area contributed by atoms with Crippen molar-refractivity contribution in [2.75, 3.05) is 7.11 Å². The third-order valence-electron chi connectivity index (χ3n) is 3.19. The smallest absolute Gasteiger partial charge is 0.277 e. The summed E-state index contributed by atoms with van der Waals surface area (Å²) in [6.45, 7) is 6.34. The summed E-state index contributed by atoms with van der Waals surface area (Å²) in [7, 11) is 1.74. The maximum Gasteiger partial charge on any atom is 0.277 e. The van der Waals surface area contributed by atoms with E-state index in [1.54, 1.807) is 13.3 Å². The van der Waals surface area contributed by atoms with Gasteiger partial charge in [-0.15, -0.1) is 11.3 Å². The number of methoxy groups -OCH3 is 1. The summed E-state index contributed by atoms with van der Waals surface area (Å²) in [5, 5.41) is 0.397. The molecule has 18 heavy (non-hydrogen) atoms. The van der Waals surface area contributed by atoms with Gasteiger partial charge in [0, 0.05) is 18.2 Å². The fourth-order valence-corrected chi connectivity index (χ4v) is 2.56. The third kappa shape index (κ3) is 4.38. The van der Waals surface area contributed by atoms with Crippen LogP contribution in [-0.2, 0) is 4.74 Å². The van der Waals surface area contributed by atoms with Crippen LogP contribution < -0.4 is 5.73 Å². The van der Waals surface area contributed by atoms with Gasteiger partial charge < -0.3 is 10.5 Å². The molecule has 0 radical (unpaired) electrons. The van der Waals surface area contributed by atoms with Crippen molar-refractivity contribution >= 4 is 17.2 Å². The lowest BCUT2D eigenvalue weighted by atomic mass is 9.96. The predicted molar refractivity (Wildman–Crippen MR) is 74.0 cm³/mol. The fraction of sp³-hybridized carbons (Fsp3) is 0.692. The van der Waals surface area contributed by atoms with Crippen molar-refractivity contribution in [3.05, 3.63) is 16.1 Å². The average molecular weight is 270 g/mol. The van der Waals surface area contributed by atoms with Gasteiger partial charge >= 0.3 is 0 Å².